The molecule has 0 aromatic heterocycles. The number of likely N-dealkylation sites (tertiary alicyclic amines) is 1. The molecule has 0 unspecified atom stereocenters. The van der Waals surface area contributed by atoms with Gasteiger partial charge in [0.25, 0.3) is 5.91 Å². The first-order chi connectivity index (χ1) is 10.2. The molecular formula is C16H21N3O2. The fourth-order valence-corrected chi connectivity index (χ4v) is 3.00. The lowest BCUT2D eigenvalue weighted by Crippen LogP contribution is -2.37. The molecule has 2 aliphatic rings. The summed E-state index contributed by atoms with van der Waals surface area (Å²) in [5.41, 5.74) is 2.83. The van der Waals surface area contributed by atoms with Gasteiger partial charge in [0.1, 0.15) is 0 Å². The van der Waals surface area contributed by atoms with Crippen LogP contribution in [0.15, 0.2) is 29.4 Å². The number of aliphatic hydroxyl groups is 1. The first-order valence-electron chi connectivity index (χ1n) is 7.52. The highest BCUT2D eigenvalue weighted by atomic mass is 16.3. The number of anilines is 1. The molecule has 2 heterocycles. The van der Waals surface area contributed by atoms with Crippen molar-refractivity contribution in [1.29, 1.82) is 0 Å². The molecule has 1 saturated heterocycles. The second-order valence-electron chi connectivity index (χ2n) is 5.73. The van der Waals surface area contributed by atoms with Gasteiger partial charge in [-0.2, -0.15) is 5.10 Å². The highest BCUT2D eigenvalue weighted by molar-refractivity contribution is 5.95. The standard InChI is InChI=1S/C16H21N3O2/c1-12-8-10-19(17-12)14-6-4-13(5-7-14)16(21)18-9-2-3-15(18)11-20/h4-7,15,20H,2-3,8-11H2,1H3/t15-/m0/s1. The van der Waals surface area contributed by atoms with Gasteiger partial charge in [0.15, 0.2) is 0 Å². The van der Waals surface area contributed by atoms with E-state index in [9.17, 15) is 9.90 Å². The summed E-state index contributed by atoms with van der Waals surface area (Å²) < 4.78 is 0. The molecular weight excluding hydrogens is 266 g/mol. The Hall–Kier alpha value is -1.88. The maximum atomic E-state index is 12.5. The van der Waals surface area contributed by atoms with Gasteiger partial charge in [-0.3, -0.25) is 9.80 Å². The Morgan fingerprint density at radius 1 is 1.33 bits per heavy atom. The zero-order valence-electron chi connectivity index (χ0n) is 12.3. The maximum Gasteiger partial charge on any atom is 0.254 e. The number of carbonyl (C=O) groups excluding carboxylic acids is 1. The first kappa shape index (κ1) is 14.1. The molecule has 1 atom stereocenters. The van der Waals surface area contributed by atoms with E-state index in [0.717, 1.165) is 43.8 Å². The Morgan fingerprint density at radius 2 is 2.10 bits per heavy atom. The van der Waals surface area contributed by atoms with Gasteiger partial charge < -0.3 is 10.0 Å². The number of nitrogens with zero attached hydrogens (tertiary/aromatic N) is 3. The minimum atomic E-state index is -0.0250. The van der Waals surface area contributed by atoms with Gasteiger partial charge in [-0.15, -0.1) is 0 Å². The van der Waals surface area contributed by atoms with Gasteiger partial charge in [-0.1, -0.05) is 0 Å². The van der Waals surface area contributed by atoms with Crippen LogP contribution in [0.2, 0.25) is 0 Å². The van der Waals surface area contributed by atoms with Gasteiger partial charge in [-0.25, -0.2) is 0 Å². The van der Waals surface area contributed by atoms with Gasteiger partial charge in [0, 0.05) is 30.8 Å². The molecule has 5 heteroatoms. The smallest absolute Gasteiger partial charge is 0.254 e. The van der Waals surface area contributed by atoms with Crippen molar-refractivity contribution in [2.75, 3.05) is 24.7 Å². The van der Waals surface area contributed by atoms with E-state index < -0.39 is 0 Å². The van der Waals surface area contributed by atoms with E-state index in [1.165, 1.54) is 0 Å². The van der Waals surface area contributed by atoms with Gasteiger partial charge in [-0.05, 0) is 44.0 Å². The van der Waals surface area contributed by atoms with Crippen molar-refractivity contribution in [3.8, 4) is 0 Å². The van der Waals surface area contributed by atoms with Crippen LogP contribution >= 0.6 is 0 Å². The third-order valence-corrected chi connectivity index (χ3v) is 4.24. The predicted octanol–water partition coefficient (Wildman–Crippen LogP) is 1.87. The number of hydrogen-bond donors (Lipinski definition) is 1. The average molecular weight is 287 g/mol. The highest BCUT2D eigenvalue weighted by Crippen LogP contribution is 2.23. The van der Waals surface area contributed by atoms with Crippen molar-refractivity contribution >= 4 is 17.3 Å². The predicted molar refractivity (Wildman–Crippen MR) is 82.7 cm³/mol. The van der Waals surface area contributed by atoms with Gasteiger partial charge >= 0.3 is 0 Å². The Labute approximate surface area is 124 Å². The molecule has 21 heavy (non-hydrogen) atoms. The third-order valence-electron chi connectivity index (χ3n) is 4.24. The molecule has 2 aliphatic heterocycles. The lowest BCUT2D eigenvalue weighted by molar-refractivity contribution is 0.0677. The minimum Gasteiger partial charge on any atom is -0.394 e. The SMILES string of the molecule is CC1=NN(c2ccc(C(=O)N3CCC[C@H]3CO)cc2)CC1. The lowest BCUT2D eigenvalue weighted by Gasteiger charge is -2.23. The Morgan fingerprint density at radius 3 is 2.71 bits per heavy atom. The summed E-state index contributed by atoms with van der Waals surface area (Å²) in [7, 11) is 0. The zero-order chi connectivity index (χ0) is 14.8. The molecule has 1 aromatic rings. The summed E-state index contributed by atoms with van der Waals surface area (Å²) in [4.78, 5) is 14.3. The summed E-state index contributed by atoms with van der Waals surface area (Å²) in [6, 6.07) is 7.57. The number of aliphatic hydroxyl groups excluding tert-OH is 1. The molecule has 0 radical (unpaired) electrons. The van der Waals surface area contributed by atoms with Crippen LogP contribution in [0.4, 0.5) is 5.69 Å². The zero-order valence-corrected chi connectivity index (χ0v) is 12.3. The molecule has 1 N–H and O–H groups in total. The molecule has 1 fully saturated rings. The monoisotopic (exact) mass is 287 g/mol. The van der Waals surface area contributed by atoms with Gasteiger partial charge in [0.05, 0.1) is 18.3 Å². The lowest BCUT2D eigenvalue weighted by atomic mass is 10.1. The molecule has 112 valence electrons. The van der Waals surface area contributed by atoms with E-state index in [0.29, 0.717) is 5.56 Å². The molecule has 0 bridgehead atoms. The quantitative estimate of drug-likeness (QED) is 0.923. The molecule has 3 rings (SSSR count). The highest BCUT2D eigenvalue weighted by Gasteiger charge is 2.28. The second-order valence-corrected chi connectivity index (χ2v) is 5.73. The van der Waals surface area contributed by atoms with E-state index in [1.807, 2.05) is 36.2 Å². The van der Waals surface area contributed by atoms with Crippen LogP contribution in [-0.2, 0) is 0 Å². The van der Waals surface area contributed by atoms with Crippen molar-refractivity contribution in [2.45, 2.75) is 32.2 Å². The van der Waals surface area contributed by atoms with E-state index in [2.05, 4.69) is 5.10 Å². The summed E-state index contributed by atoms with van der Waals surface area (Å²) in [5, 5.41) is 15.8. The van der Waals surface area contributed by atoms with Crippen molar-refractivity contribution in [2.24, 2.45) is 5.10 Å². The molecule has 0 spiro atoms. The summed E-state index contributed by atoms with van der Waals surface area (Å²) in [6.07, 6.45) is 2.85. The van der Waals surface area contributed by atoms with Crippen LogP contribution in [0, 0.1) is 0 Å². The summed E-state index contributed by atoms with van der Waals surface area (Å²) >= 11 is 0. The normalized spacial score (nSPS) is 21.8. The van der Waals surface area contributed by atoms with E-state index >= 15 is 0 Å². The molecule has 0 saturated carbocycles. The van der Waals surface area contributed by atoms with E-state index in [4.69, 9.17) is 0 Å². The topological polar surface area (TPSA) is 56.1 Å². The van der Waals surface area contributed by atoms with E-state index in [-0.39, 0.29) is 18.6 Å². The Bertz CT molecular complexity index is 553. The van der Waals surface area contributed by atoms with Crippen molar-refractivity contribution in [3.05, 3.63) is 29.8 Å². The number of hydrogen-bond acceptors (Lipinski definition) is 4. The fourth-order valence-electron chi connectivity index (χ4n) is 3.00. The van der Waals surface area contributed by atoms with Crippen LogP contribution in [0.1, 0.15) is 36.5 Å². The van der Waals surface area contributed by atoms with Crippen LogP contribution in [0.5, 0.6) is 0 Å². The number of hydrazone groups is 1. The van der Waals surface area contributed by atoms with Crippen molar-refractivity contribution in [1.82, 2.24) is 4.90 Å². The number of amides is 1. The van der Waals surface area contributed by atoms with Crippen LogP contribution in [0.25, 0.3) is 0 Å². The van der Waals surface area contributed by atoms with Gasteiger partial charge in [0.2, 0.25) is 0 Å². The molecule has 1 aromatic carbocycles. The number of carbonyl (C=O) groups is 1. The van der Waals surface area contributed by atoms with Crippen molar-refractivity contribution < 1.29 is 9.90 Å². The Kier molecular flexibility index (Phi) is 3.92. The maximum absolute atomic E-state index is 12.5. The molecule has 5 nitrogen and oxygen atoms in total. The Balaban J connectivity index is 1.73. The van der Waals surface area contributed by atoms with Crippen molar-refractivity contribution in [3.63, 3.8) is 0 Å². The van der Waals surface area contributed by atoms with Crippen LogP contribution < -0.4 is 5.01 Å². The summed E-state index contributed by atoms with van der Waals surface area (Å²) in [5.74, 6) is 0.0132. The molecule has 1 amide bonds. The fraction of sp³-hybridized carbons (Fsp3) is 0.500. The largest absolute Gasteiger partial charge is 0.394 e. The van der Waals surface area contributed by atoms with E-state index in [1.54, 1.807) is 4.90 Å². The van der Waals surface area contributed by atoms with Crippen LogP contribution in [-0.4, -0.2) is 47.4 Å². The van der Waals surface area contributed by atoms with Crippen LogP contribution in [0.3, 0.4) is 0 Å². The average Bonchev–Trinajstić information content (AvgIpc) is 3.15. The minimum absolute atomic E-state index is 0.0132. The second kappa shape index (κ2) is 5.85. The summed E-state index contributed by atoms with van der Waals surface area (Å²) in [6.45, 7) is 3.71. The number of benzene rings is 1. The third kappa shape index (κ3) is 2.78. The number of rotatable bonds is 3. The molecule has 0 aliphatic carbocycles. The first-order valence-corrected chi connectivity index (χ1v) is 7.52.